The van der Waals surface area contributed by atoms with E-state index >= 15 is 0 Å². The van der Waals surface area contributed by atoms with Crippen molar-refractivity contribution in [2.75, 3.05) is 46.9 Å². The molecule has 1 saturated carbocycles. The Hall–Kier alpha value is -4.37. The first-order valence-corrected chi connectivity index (χ1v) is 17.2. The number of halogens is 3. The molecule has 0 aromatic heterocycles. The predicted molar refractivity (Wildman–Crippen MR) is 189 cm³/mol. The van der Waals surface area contributed by atoms with Gasteiger partial charge in [0.05, 0.1) is 18.9 Å². The molecule has 3 N–H and O–H groups in total. The van der Waals surface area contributed by atoms with Gasteiger partial charge in [0.2, 0.25) is 5.82 Å². The number of hydrogen-bond acceptors (Lipinski definition) is 9. The molecule has 51 heavy (non-hydrogen) atoms. The Labute approximate surface area is 297 Å². The number of hydrazine groups is 1. The van der Waals surface area contributed by atoms with Gasteiger partial charge in [-0.1, -0.05) is 12.1 Å². The summed E-state index contributed by atoms with van der Waals surface area (Å²) in [5.41, 5.74) is 5.94. The minimum absolute atomic E-state index is 0.124. The molecule has 2 fully saturated rings. The van der Waals surface area contributed by atoms with Gasteiger partial charge >= 0.3 is 6.09 Å². The minimum atomic E-state index is -1.55. The monoisotopic (exact) mass is 717 g/mol. The Bertz CT molecular complexity index is 1540. The standard InChI is InChI=1S/C36H50F3N7O5/c1-23(42-30(21-40-5)45-15-17-46(18-16-45)35(48)51-36(2,3)4)43-44-26-11-7-24(8-12-26)20-41-34(47)28-19-29(37)33(32(39)31(28)38)50-22-25-9-13-27(49-6)14-10-25/h9-10,13-14,19,21,23-24,26,43-44H,7-8,11-12,15-18,20,22H2,1-6H3,(H,41,47). The van der Waals surface area contributed by atoms with Crippen molar-refractivity contribution in [3.05, 3.63) is 58.9 Å². The number of hydrogen-bond donors (Lipinski definition) is 3. The van der Waals surface area contributed by atoms with Crippen molar-refractivity contribution in [2.24, 2.45) is 15.9 Å². The molecule has 15 heteroatoms. The minimum Gasteiger partial charge on any atom is -0.497 e. The number of benzene rings is 2. The first-order valence-electron chi connectivity index (χ1n) is 17.2. The van der Waals surface area contributed by atoms with E-state index in [-0.39, 0.29) is 37.4 Å². The third-order valence-corrected chi connectivity index (χ3v) is 8.62. The SMILES string of the molecule is CN=CC(=NC(C)NNC1CCC(CNC(=O)c2cc(F)c(OCc3ccc(OC)cc3)c(F)c2F)CC1)N1CCN(C(=O)OC(C)(C)C)CC1. The lowest BCUT2D eigenvalue weighted by molar-refractivity contribution is 0.0187. The van der Waals surface area contributed by atoms with Crippen LogP contribution in [0.3, 0.4) is 0 Å². The Morgan fingerprint density at radius 1 is 1.00 bits per heavy atom. The second-order valence-electron chi connectivity index (χ2n) is 13.7. The topological polar surface area (TPSA) is 129 Å². The van der Waals surface area contributed by atoms with Crippen LogP contribution in [0.25, 0.3) is 0 Å². The van der Waals surface area contributed by atoms with Crippen molar-refractivity contribution in [2.45, 2.75) is 77.8 Å². The number of methoxy groups -OCH3 is 1. The van der Waals surface area contributed by atoms with E-state index in [1.165, 1.54) is 7.11 Å². The van der Waals surface area contributed by atoms with Gasteiger partial charge in [-0.2, -0.15) is 4.39 Å². The number of nitrogens with zero attached hydrogens (tertiary/aromatic N) is 4. The summed E-state index contributed by atoms with van der Waals surface area (Å²) in [7, 11) is 3.20. The number of carbonyl (C=O) groups is 2. The summed E-state index contributed by atoms with van der Waals surface area (Å²) in [5, 5.41) is 2.64. The van der Waals surface area contributed by atoms with E-state index in [2.05, 4.69) is 26.1 Å². The molecule has 1 unspecified atom stereocenters. The fourth-order valence-electron chi connectivity index (χ4n) is 5.82. The maximum atomic E-state index is 14.9. The van der Waals surface area contributed by atoms with Gasteiger partial charge in [0.1, 0.15) is 30.0 Å². The van der Waals surface area contributed by atoms with Crippen LogP contribution in [0.4, 0.5) is 18.0 Å². The van der Waals surface area contributed by atoms with Crippen LogP contribution in [0.1, 0.15) is 69.3 Å². The first-order chi connectivity index (χ1) is 24.3. The lowest BCUT2D eigenvalue weighted by Gasteiger charge is -2.36. The summed E-state index contributed by atoms with van der Waals surface area (Å²) in [5.74, 6) is -4.51. The summed E-state index contributed by atoms with van der Waals surface area (Å²) in [4.78, 5) is 37.9. The maximum Gasteiger partial charge on any atom is 0.410 e. The quantitative estimate of drug-likeness (QED) is 0.120. The van der Waals surface area contributed by atoms with Crippen LogP contribution in [0.2, 0.25) is 0 Å². The first kappa shape index (κ1) is 39.4. The molecule has 1 saturated heterocycles. The normalized spacial score (nSPS) is 19.2. The summed E-state index contributed by atoms with van der Waals surface area (Å²) in [6, 6.07) is 7.47. The van der Waals surface area contributed by atoms with Crippen LogP contribution in [0.5, 0.6) is 11.5 Å². The fraction of sp³-hybridized carbons (Fsp3) is 0.556. The largest absolute Gasteiger partial charge is 0.497 e. The number of amidine groups is 1. The molecular weight excluding hydrogens is 667 g/mol. The van der Waals surface area contributed by atoms with Crippen molar-refractivity contribution < 1.29 is 37.0 Å². The van der Waals surface area contributed by atoms with Crippen LogP contribution in [-0.4, -0.2) is 98.5 Å². The van der Waals surface area contributed by atoms with Crippen molar-refractivity contribution in [1.29, 1.82) is 0 Å². The molecule has 0 bridgehead atoms. The van der Waals surface area contributed by atoms with Crippen LogP contribution >= 0.6 is 0 Å². The molecule has 4 rings (SSSR count). The van der Waals surface area contributed by atoms with Gasteiger partial charge in [0, 0.05) is 45.8 Å². The summed E-state index contributed by atoms with van der Waals surface area (Å²) >= 11 is 0. The molecule has 2 amide bonds. The zero-order valence-corrected chi connectivity index (χ0v) is 30.2. The molecule has 2 aliphatic rings. The molecule has 0 radical (unpaired) electrons. The third-order valence-electron chi connectivity index (χ3n) is 8.62. The number of amides is 2. The smallest absolute Gasteiger partial charge is 0.410 e. The Morgan fingerprint density at radius 2 is 1.65 bits per heavy atom. The molecule has 1 heterocycles. The van der Waals surface area contributed by atoms with Crippen LogP contribution in [-0.2, 0) is 11.3 Å². The second-order valence-corrected chi connectivity index (χ2v) is 13.7. The average Bonchev–Trinajstić information content (AvgIpc) is 3.11. The summed E-state index contributed by atoms with van der Waals surface area (Å²) in [6.45, 7) is 9.76. The second kappa shape index (κ2) is 18.2. The van der Waals surface area contributed by atoms with E-state index in [9.17, 15) is 22.8 Å². The zero-order valence-electron chi connectivity index (χ0n) is 30.2. The lowest BCUT2D eigenvalue weighted by Crippen LogP contribution is -2.52. The molecule has 1 atom stereocenters. The van der Waals surface area contributed by atoms with Gasteiger partial charge in [0.25, 0.3) is 5.91 Å². The van der Waals surface area contributed by atoms with E-state index < -0.39 is 40.3 Å². The van der Waals surface area contributed by atoms with Crippen molar-refractivity contribution in [1.82, 2.24) is 26.0 Å². The number of aliphatic imine (C=N–C) groups is 2. The predicted octanol–water partition coefficient (Wildman–Crippen LogP) is 5.07. The highest BCUT2D eigenvalue weighted by Gasteiger charge is 2.28. The Morgan fingerprint density at radius 3 is 2.25 bits per heavy atom. The lowest BCUT2D eigenvalue weighted by atomic mass is 9.86. The molecule has 12 nitrogen and oxygen atoms in total. The van der Waals surface area contributed by atoms with Gasteiger partial charge in [-0.15, -0.1) is 0 Å². The van der Waals surface area contributed by atoms with E-state index in [4.69, 9.17) is 19.2 Å². The molecule has 0 spiro atoms. The maximum absolute atomic E-state index is 14.9. The van der Waals surface area contributed by atoms with Crippen molar-refractivity contribution >= 4 is 24.1 Å². The number of carbonyl (C=O) groups excluding carboxylic acids is 2. The van der Waals surface area contributed by atoms with Gasteiger partial charge in [-0.3, -0.25) is 15.2 Å². The number of rotatable bonds is 12. The molecule has 280 valence electrons. The van der Waals surface area contributed by atoms with Crippen molar-refractivity contribution in [3.8, 4) is 11.5 Å². The van der Waals surface area contributed by atoms with Crippen LogP contribution in [0, 0.1) is 23.4 Å². The van der Waals surface area contributed by atoms with Gasteiger partial charge in [0.15, 0.2) is 17.4 Å². The fourth-order valence-corrected chi connectivity index (χ4v) is 5.82. The van der Waals surface area contributed by atoms with E-state index in [0.717, 1.165) is 31.5 Å². The number of ether oxygens (including phenoxy) is 3. The van der Waals surface area contributed by atoms with Gasteiger partial charge in [-0.25, -0.2) is 24.0 Å². The summed E-state index contributed by atoms with van der Waals surface area (Å²) < 4.78 is 60.2. The average molecular weight is 718 g/mol. The molecule has 1 aliphatic carbocycles. The highest BCUT2D eigenvalue weighted by Crippen LogP contribution is 2.29. The van der Waals surface area contributed by atoms with Gasteiger partial charge in [-0.05, 0) is 83.1 Å². The van der Waals surface area contributed by atoms with E-state index in [1.54, 1.807) is 42.4 Å². The molecule has 2 aromatic carbocycles. The molecular formula is C36H50F3N7O5. The summed E-state index contributed by atoms with van der Waals surface area (Å²) in [6.07, 6.45) is 4.33. The Balaban J connectivity index is 1.20. The molecule has 2 aromatic rings. The van der Waals surface area contributed by atoms with Crippen LogP contribution in [0.15, 0.2) is 40.3 Å². The third kappa shape index (κ3) is 11.6. The Kier molecular flexibility index (Phi) is 14.1. The van der Waals surface area contributed by atoms with Gasteiger partial charge < -0.3 is 29.3 Å². The zero-order chi connectivity index (χ0) is 37.1. The highest BCUT2D eigenvalue weighted by atomic mass is 19.2. The van der Waals surface area contributed by atoms with Crippen LogP contribution < -0.4 is 25.6 Å². The molecule has 1 aliphatic heterocycles. The van der Waals surface area contributed by atoms with E-state index in [0.29, 0.717) is 43.6 Å². The highest BCUT2D eigenvalue weighted by molar-refractivity contribution is 6.29. The number of nitrogens with one attached hydrogen (secondary N) is 3. The number of piperazine rings is 1. The van der Waals surface area contributed by atoms with E-state index in [1.807, 2.05) is 27.7 Å². The van der Waals surface area contributed by atoms with Crippen molar-refractivity contribution in [3.63, 3.8) is 0 Å².